The van der Waals surface area contributed by atoms with Gasteiger partial charge in [-0.15, -0.1) is 0 Å². The van der Waals surface area contributed by atoms with Crippen LogP contribution < -0.4 is 5.32 Å². The van der Waals surface area contributed by atoms with Gasteiger partial charge < -0.3 is 9.73 Å². The van der Waals surface area contributed by atoms with Crippen LogP contribution in [0.25, 0.3) is 0 Å². The van der Waals surface area contributed by atoms with Gasteiger partial charge in [0.05, 0.1) is 6.26 Å². The fraction of sp³-hybridized carbons (Fsp3) is 0.714. The van der Waals surface area contributed by atoms with Crippen molar-refractivity contribution in [3.8, 4) is 0 Å². The molecule has 2 nitrogen and oxygen atoms in total. The molecule has 1 fully saturated rings. The van der Waals surface area contributed by atoms with E-state index in [-0.39, 0.29) is 0 Å². The van der Waals surface area contributed by atoms with E-state index in [2.05, 4.69) is 41.3 Å². The minimum atomic E-state index is 0.428. The molecule has 3 atom stereocenters. The molecule has 1 N–H and O–H groups in total. The molecule has 0 aromatic carbocycles. The smallest absolute Gasteiger partial charge is 0.173 e. The first-order chi connectivity index (χ1) is 8.26. The van der Waals surface area contributed by atoms with E-state index < -0.39 is 0 Å². The Balaban J connectivity index is 2.10. The average molecular weight is 300 g/mol. The first-order valence-electron chi connectivity index (χ1n) is 6.66. The highest BCUT2D eigenvalue weighted by Crippen LogP contribution is 2.40. The zero-order valence-electron chi connectivity index (χ0n) is 10.7. The fourth-order valence-electron chi connectivity index (χ4n) is 3.18. The molecule has 1 saturated carbocycles. The van der Waals surface area contributed by atoms with E-state index >= 15 is 0 Å². The summed E-state index contributed by atoms with van der Waals surface area (Å²) in [7, 11) is 2.06. The van der Waals surface area contributed by atoms with Gasteiger partial charge in [0.25, 0.3) is 0 Å². The van der Waals surface area contributed by atoms with Gasteiger partial charge in [-0.3, -0.25) is 0 Å². The van der Waals surface area contributed by atoms with Crippen LogP contribution in [0.5, 0.6) is 0 Å². The summed E-state index contributed by atoms with van der Waals surface area (Å²) in [5.74, 6) is 1.66. The van der Waals surface area contributed by atoms with Crippen molar-refractivity contribution >= 4 is 15.9 Å². The lowest BCUT2D eigenvalue weighted by Crippen LogP contribution is -2.29. The molecule has 3 heteroatoms. The van der Waals surface area contributed by atoms with Crippen LogP contribution >= 0.6 is 15.9 Å². The maximum atomic E-state index is 5.37. The maximum Gasteiger partial charge on any atom is 0.173 e. The number of furan rings is 1. The lowest BCUT2D eigenvalue weighted by molar-refractivity contribution is 0.213. The van der Waals surface area contributed by atoms with E-state index in [4.69, 9.17) is 4.42 Å². The number of hydrogen-bond donors (Lipinski definition) is 1. The summed E-state index contributed by atoms with van der Waals surface area (Å²) in [6.07, 6.45) is 8.55. The molecule has 3 unspecified atom stereocenters. The second-order valence-electron chi connectivity index (χ2n) is 5.12. The monoisotopic (exact) mass is 299 g/mol. The van der Waals surface area contributed by atoms with Gasteiger partial charge in [-0.05, 0) is 53.7 Å². The Labute approximate surface area is 112 Å². The summed E-state index contributed by atoms with van der Waals surface area (Å²) in [5, 5.41) is 3.47. The fourth-order valence-corrected chi connectivity index (χ4v) is 3.66. The van der Waals surface area contributed by atoms with Gasteiger partial charge in [0.15, 0.2) is 4.67 Å². The van der Waals surface area contributed by atoms with Crippen molar-refractivity contribution in [2.45, 2.75) is 45.1 Å². The normalized spacial score (nSPS) is 27.0. The van der Waals surface area contributed by atoms with Crippen LogP contribution in [-0.4, -0.2) is 7.05 Å². The molecule has 1 heterocycles. The highest BCUT2D eigenvalue weighted by atomic mass is 79.9. The van der Waals surface area contributed by atoms with Crippen LogP contribution in [0.2, 0.25) is 0 Å². The van der Waals surface area contributed by atoms with Crippen LogP contribution in [0, 0.1) is 11.8 Å². The van der Waals surface area contributed by atoms with Gasteiger partial charge in [0.1, 0.15) is 0 Å². The van der Waals surface area contributed by atoms with Gasteiger partial charge in [0, 0.05) is 11.6 Å². The Hall–Kier alpha value is -0.280. The molecule has 17 heavy (non-hydrogen) atoms. The highest BCUT2D eigenvalue weighted by molar-refractivity contribution is 9.10. The molecule has 2 rings (SSSR count). The lowest BCUT2D eigenvalue weighted by atomic mass is 9.75. The summed E-state index contributed by atoms with van der Waals surface area (Å²) in [6.45, 7) is 2.31. The van der Waals surface area contributed by atoms with Crippen molar-refractivity contribution in [2.24, 2.45) is 11.8 Å². The zero-order chi connectivity index (χ0) is 12.3. The number of hydrogen-bond acceptors (Lipinski definition) is 2. The Morgan fingerprint density at radius 3 is 2.94 bits per heavy atom. The third-order valence-corrected chi connectivity index (χ3v) is 4.81. The second-order valence-corrected chi connectivity index (χ2v) is 5.84. The predicted octanol–water partition coefficient (Wildman–Crippen LogP) is 4.52. The van der Waals surface area contributed by atoms with Gasteiger partial charge in [-0.2, -0.15) is 0 Å². The van der Waals surface area contributed by atoms with Crippen LogP contribution in [0.4, 0.5) is 0 Å². The van der Waals surface area contributed by atoms with Gasteiger partial charge in [-0.1, -0.05) is 26.2 Å². The Kier molecular flexibility index (Phi) is 4.69. The summed E-state index contributed by atoms with van der Waals surface area (Å²) in [6, 6.07) is 2.51. The van der Waals surface area contributed by atoms with Crippen molar-refractivity contribution in [3.63, 3.8) is 0 Å². The number of rotatable bonds is 4. The molecule has 0 saturated heterocycles. The van der Waals surface area contributed by atoms with E-state index in [1.54, 1.807) is 6.26 Å². The van der Waals surface area contributed by atoms with Crippen molar-refractivity contribution in [2.75, 3.05) is 7.05 Å². The largest absolute Gasteiger partial charge is 0.457 e. The first kappa shape index (κ1) is 13.2. The second kappa shape index (κ2) is 6.05. The third kappa shape index (κ3) is 2.94. The maximum absolute atomic E-state index is 5.37. The van der Waals surface area contributed by atoms with Crippen molar-refractivity contribution in [1.29, 1.82) is 0 Å². The summed E-state index contributed by atoms with van der Waals surface area (Å²) >= 11 is 3.50. The van der Waals surface area contributed by atoms with Gasteiger partial charge >= 0.3 is 0 Å². The van der Waals surface area contributed by atoms with Crippen LogP contribution in [0.1, 0.15) is 50.6 Å². The van der Waals surface area contributed by atoms with E-state index in [1.807, 2.05) is 0 Å². The molecule has 0 spiro atoms. The molecule has 0 radical (unpaired) electrons. The lowest BCUT2D eigenvalue weighted by Gasteiger charge is -2.34. The molecule has 1 aliphatic carbocycles. The molecule has 0 aliphatic heterocycles. The topological polar surface area (TPSA) is 25.2 Å². The van der Waals surface area contributed by atoms with Gasteiger partial charge in [0.2, 0.25) is 0 Å². The minimum absolute atomic E-state index is 0.428. The summed E-state index contributed by atoms with van der Waals surface area (Å²) in [5.41, 5.74) is 1.27. The molecule has 1 aromatic heterocycles. The Morgan fingerprint density at radius 2 is 2.35 bits per heavy atom. The molecular formula is C14H22BrNO. The van der Waals surface area contributed by atoms with E-state index in [1.165, 1.54) is 37.7 Å². The molecule has 1 aliphatic rings. The van der Waals surface area contributed by atoms with Crippen molar-refractivity contribution in [3.05, 3.63) is 22.6 Å². The minimum Gasteiger partial charge on any atom is -0.457 e. The Morgan fingerprint density at radius 1 is 1.53 bits per heavy atom. The van der Waals surface area contributed by atoms with Crippen LogP contribution in [-0.2, 0) is 0 Å². The number of nitrogens with one attached hydrogen (secondary N) is 1. The molecule has 0 bridgehead atoms. The quantitative estimate of drug-likeness (QED) is 0.884. The van der Waals surface area contributed by atoms with E-state index in [9.17, 15) is 0 Å². The SMILES string of the molecule is CCC1CCCC(C(NC)c2ccoc2Br)C1. The van der Waals surface area contributed by atoms with Crippen LogP contribution in [0.3, 0.4) is 0 Å². The standard InChI is InChI=1S/C14H22BrNO/c1-3-10-5-4-6-11(9-10)13(16-2)12-7-8-17-14(12)15/h7-8,10-11,13,16H,3-6,9H2,1-2H3. The number of halogens is 1. The zero-order valence-corrected chi connectivity index (χ0v) is 12.3. The summed E-state index contributed by atoms with van der Waals surface area (Å²) < 4.78 is 6.25. The van der Waals surface area contributed by atoms with Crippen molar-refractivity contribution in [1.82, 2.24) is 5.32 Å². The predicted molar refractivity (Wildman–Crippen MR) is 73.9 cm³/mol. The first-order valence-corrected chi connectivity index (χ1v) is 7.45. The molecular weight excluding hydrogens is 278 g/mol. The highest BCUT2D eigenvalue weighted by Gasteiger charge is 2.29. The Bertz CT molecular complexity index is 350. The molecule has 0 amide bonds. The molecule has 1 aromatic rings. The molecule has 96 valence electrons. The van der Waals surface area contributed by atoms with E-state index in [0.717, 1.165) is 16.5 Å². The average Bonchev–Trinajstić information content (AvgIpc) is 2.77. The van der Waals surface area contributed by atoms with E-state index in [0.29, 0.717) is 6.04 Å². The third-order valence-electron chi connectivity index (χ3n) is 4.16. The van der Waals surface area contributed by atoms with Crippen molar-refractivity contribution < 1.29 is 4.42 Å². The van der Waals surface area contributed by atoms with Crippen LogP contribution in [0.15, 0.2) is 21.4 Å². The summed E-state index contributed by atoms with van der Waals surface area (Å²) in [4.78, 5) is 0. The van der Waals surface area contributed by atoms with Gasteiger partial charge in [-0.25, -0.2) is 0 Å².